The normalized spacial score (nSPS) is 10.2. The summed E-state index contributed by atoms with van der Waals surface area (Å²) < 4.78 is 5.92. The first kappa shape index (κ1) is 14.4. The number of halogens is 1. The van der Waals surface area contributed by atoms with Crippen LogP contribution in [-0.2, 0) is 6.61 Å². The van der Waals surface area contributed by atoms with Crippen molar-refractivity contribution in [1.82, 2.24) is 0 Å². The fraction of sp³-hybridized carbons (Fsp3) is 0.235. The molecule has 0 saturated heterocycles. The van der Waals surface area contributed by atoms with Gasteiger partial charge in [0.2, 0.25) is 0 Å². The molecule has 0 spiro atoms. The molecule has 0 unspecified atom stereocenters. The van der Waals surface area contributed by atoms with Crippen LogP contribution in [-0.4, -0.2) is 0 Å². The van der Waals surface area contributed by atoms with Gasteiger partial charge in [-0.3, -0.25) is 0 Å². The fourth-order valence-corrected chi connectivity index (χ4v) is 2.27. The quantitative estimate of drug-likeness (QED) is 0.818. The smallest absolute Gasteiger partial charge is 0.125 e. The van der Waals surface area contributed by atoms with E-state index >= 15 is 0 Å². The van der Waals surface area contributed by atoms with E-state index in [0.29, 0.717) is 17.2 Å². The Balaban J connectivity index is 2.22. The van der Waals surface area contributed by atoms with Crippen LogP contribution in [0.5, 0.6) is 5.75 Å². The van der Waals surface area contributed by atoms with Gasteiger partial charge in [-0.05, 0) is 49.6 Å². The summed E-state index contributed by atoms with van der Waals surface area (Å²) in [4.78, 5) is 0. The van der Waals surface area contributed by atoms with Gasteiger partial charge in [-0.2, -0.15) is 5.26 Å². The van der Waals surface area contributed by atoms with Gasteiger partial charge < -0.3 is 4.74 Å². The lowest BCUT2D eigenvalue weighted by molar-refractivity contribution is 0.302. The molecular formula is C17H16ClNO. The molecule has 0 aliphatic heterocycles. The predicted octanol–water partition coefficient (Wildman–Crippen LogP) is 4.72. The van der Waals surface area contributed by atoms with E-state index < -0.39 is 0 Å². The molecule has 0 atom stereocenters. The van der Waals surface area contributed by atoms with Crippen LogP contribution < -0.4 is 4.74 Å². The SMILES string of the molecule is Cc1ccc(C)c(OCc2ccc(C#N)cc2Cl)c1C. The highest BCUT2D eigenvalue weighted by Crippen LogP contribution is 2.27. The van der Waals surface area contributed by atoms with Crippen LogP contribution in [0.3, 0.4) is 0 Å². The monoisotopic (exact) mass is 285 g/mol. The van der Waals surface area contributed by atoms with E-state index in [2.05, 4.69) is 32.0 Å². The van der Waals surface area contributed by atoms with Gasteiger partial charge in [0.25, 0.3) is 0 Å². The largest absolute Gasteiger partial charge is 0.488 e. The van der Waals surface area contributed by atoms with Crippen molar-refractivity contribution < 1.29 is 4.74 Å². The molecule has 20 heavy (non-hydrogen) atoms. The van der Waals surface area contributed by atoms with Crippen molar-refractivity contribution >= 4 is 11.6 Å². The van der Waals surface area contributed by atoms with Crippen LogP contribution in [0, 0.1) is 32.1 Å². The van der Waals surface area contributed by atoms with E-state index in [9.17, 15) is 0 Å². The first-order valence-electron chi connectivity index (χ1n) is 6.41. The second-order valence-corrected chi connectivity index (χ2v) is 5.27. The average Bonchev–Trinajstić information content (AvgIpc) is 2.44. The molecule has 0 N–H and O–H groups in total. The van der Waals surface area contributed by atoms with Crippen molar-refractivity contribution in [3.63, 3.8) is 0 Å². The molecule has 102 valence electrons. The summed E-state index contributed by atoms with van der Waals surface area (Å²) in [5, 5.41) is 9.39. The lowest BCUT2D eigenvalue weighted by Gasteiger charge is -2.14. The third-order valence-corrected chi connectivity index (χ3v) is 3.78. The van der Waals surface area contributed by atoms with Crippen molar-refractivity contribution in [3.8, 4) is 11.8 Å². The first-order chi connectivity index (χ1) is 9.52. The first-order valence-corrected chi connectivity index (χ1v) is 6.79. The molecule has 0 aliphatic rings. The maximum absolute atomic E-state index is 8.82. The predicted molar refractivity (Wildman–Crippen MR) is 81.2 cm³/mol. The van der Waals surface area contributed by atoms with E-state index in [1.165, 1.54) is 5.56 Å². The lowest BCUT2D eigenvalue weighted by atomic mass is 10.1. The number of hydrogen-bond donors (Lipinski definition) is 0. The molecule has 0 aromatic heterocycles. The molecule has 0 saturated carbocycles. The summed E-state index contributed by atoms with van der Waals surface area (Å²) in [6.07, 6.45) is 0. The Hall–Kier alpha value is -1.98. The Morgan fingerprint density at radius 1 is 1.10 bits per heavy atom. The number of nitriles is 1. The summed E-state index contributed by atoms with van der Waals surface area (Å²) >= 11 is 6.15. The molecule has 0 bridgehead atoms. The highest BCUT2D eigenvalue weighted by Gasteiger charge is 2.08. The van der Waals surface area contributed by atoms with Crippen molar-refractivity contribution in [2.24, 2.45) is 0 Å². The molecule has 0 fully saturated rings. The number of rotatable bonds is 3. The fourth-order valence-electron chi connectivity index (χ4n) is 2.03. The van der Waals surface area contributed by atoms with E-state index in [4.69, 9.17) is 21.6 Å². The standard InChI is InChI=1S/C17H16ClNO/c1-11-4-5-12(2)17(13(11)3)20-10-15-7-6-14(9-19)8-16(15)18/h4-8H,10H2,1-3H3. The van der Waals surface area contributed by atoms with E-state index in [1.54, 1.807) is 12.1 Å². The summed E-state index contributed by atoms with van der Waals surface area (Å²) in [7, 11) is 0. The number of hydrogen-bond acceptors (Lipinski definition) is 2. The van der Waals surface area contributed by atoms with Gasteiger partial charge in [0.15, 0.2) is 0 Å². The van der Waals surface area contributed by atoms with Crippen molar-refractivity contribution in [2.75, 3.05) is 0 Å². The van der Waals surface area contributed by atoms with Crippen molar-refractivity contribution in [3.05, 3.63) is 63.2 Å². The highest BCUT2D eigenvalue weighted by molar-refractivity contribution is 6.31. The molecule has 2 nitrogen and oxygen atoms in total. The molecule has 0 amide bonds. The Bertz CT molecular complexity index is 686. The van der Waals surface area contributed by atoms with Gasteiger partial charge in [0.1, 0.15) is 12.4 Å². The zero-order valence-electron chi connectivity index (χ0n) is 11.8. The Morgan fingerprint density at radius 2 is 1.80 bits per heavy atom. The van der Waals surface area contributed by atoms with E-state index in [0.717, 1.165) is 22.4 Å². The van der Waals surface area contributed by atoms with Crippen molar-refractivity contribution in [1.29, 1.82) is 5.26 Å². The number of nitrogens with zero attached hydrogens (tertiary/aromatic N) is 1. The zero-order valence-corrected chi connectivity index (χ0v) is 12.6. The number of benzene rings is 2. The van der Waals surface area contributed by atoms with Crippen LogP contribution in [0.1, 0.15) is 27.8 Å². The van der Waals surface area contributed by atoms with Crippen LogP contribution in [0.4, 0.5) is 0 Å². The van der Waals surface area contributed by atoms with Crippen LogP contribution in [0.2, 0.25) is 5.02 Å². The van der Waals surface area contributed by atoms with Gasteiger partial charge in [-0.1, -0.05) is 29.8 Å². The Kier molecular flexibility index (Phi) is 4.32. The number of ether oxygens (including phenoxy) is 1. The summed E-state index contributed by atoms with van der Waals surface area (Å²) in [5.74, 6) is 0.908. The maximum Gasteiger partial charge on any atom is 0.125 e. The molecule has 3 heteroatoms. The van der Waals surface area contributed by atoms with Crippen LogP contribution in [0.15, 0.2) is 30.3 Å². The summed E-state index contributed by atoms with van der Waals surface area (Å²) in [5.41, 5.74) is 4.90. The third kappa shape index (κ3) is 2.95. The van der Waals surface area contributed by atoms with Crippen LogP contribution >= 0.6 is 11.6 Å². The van der Waals surface area contributed by atoms with Gasteiger partial charge in [0.05, 0.1) is 11.6 Å². The van der Waals surface area contributed by atoms with Gasteiger partial charge in [0, 0.05) is 10.6 Å². The second kappa shape index (κ2) is 5.98. The van der Waals surface area contributed by atoms with E-state index in [-0.39, 0.29) is 0 Å². The second-order valence-electron chi connectivity index (χ2n) is 4.86. The van der Waals surface area contributed by atoms with Crippen LogP contribution in [0.25, 0.3) is 0 Å². The van der Waals surface area contributed by atoms with Crippen molar-refractivity contribution in [2.45, 2.75) is 27.4 Å². The molecule has 2 rings (SSSR count). The topological polar surface area (TPSA) is 33.0 Å². The maximum atomic E-state index is 8.82. The minimum atomic E-state index is 0.398. The lowest BCUT2D eigenvalue weighted by Crippen LogP contribution is -2.01. The highest BCUT2D eigenvalue weighted by atomic mass is 35.5. The summed E-state index contributed by atoms with van der Waals surface area (Å²) in [6, 6.07) is 11.5. The molecule has 0 heterocycles. The van der Waals surface area contributed by atoms with Gasteiger partial charge in [-0.25, -0.2) is 0 Å². The Labute approximate surface area is 124 Å². The van der Waals surface area contributed by atoms with Gasteiger partial charge >= 0.3 is 0 Å². The molecule has 0 radical (unpaired) electrons. The summed E-state index contributed by atoms with van der Waals surface area (Å²) in [6.45, 7) is 6.55. The molecule has 2 aromatic carbocycles. The zero-order chi connectivity index (χ0) is 14.7. The van der Waals surface area contributed by atoms with E-state index in [1.807, 2.05) is 13.0 Å². The molecule has 2 aromatic rings. The third-order valence-electron chi connectivity index (χ3n) is 3.43. The average molecular weight is 286 g/mol. The van der Waals surface area contributed by atoms with Gasteiger partial charge in [-0.15, -0.1) is 0 Å². The Morgan fingerprint density at radius 3 is 2.45 bits per heavy atom. The minimum absolute atomic E-state index is 0.398. The minimum Gasteiger partial charge on any atom is -0.488 e. The molecular weight excluding hydrogens is 270 g/mol. The number of aryl methyl sites for hydroxylation is 2. The molecule has 0 aliphatic carbocycles.